The summed E-state index contributed by atoms with van der Waals surface area (Å²) in [6, 6.07) is 12.6. The smallest absolute Gasteiger partial charge is 0.257 e. The van der Waals surface area contributed by atoms with Gasteiger partial charge in [0, 0.05) is 44.4 Å². The highest BCUT2D eigenvalue weighted by Gasteiger charge is 2.20. The van der Waals surface area contributed by atoms with Crippen LogP contribution in [0.3, 0.4) is 0 Å². The molecule has 0 spiro atoms. The van der Waals surface area contributed by atoms with Crippen LogP contribution in [0.1, 0.15) is 37.0 Å². The summed E-state index contributed by atoms with van der Waals surface area (Å²) in [5.74, 6) is 0.424. The molecule has 2 aromatic carbocycles. The maximum absolute atomic E-state index is 12.6. The van der Waals surface area contributed by atoms with Crippen LogP contribution in [-0.4, -0.2) is 54.6 Å². The predicted octanol–water partition coefficient (Wildman–Crippen LogP) is 4.31. The molecule has 0 radical (unpaired) electrons. The van der Waals surface area contributed by atoms with Crippen LogP contribution in [0.2, 0.25) is 5.02 Å². The van der Waals surface area contributed by atoms with Crippen LogP contribution in [0.4, 0.5) is 11.4 Å². The molecule has 0 aliphatic carbocycles. The van der Waals surface area contributed by atoms with Gasteiger partial charge in [0.15, 0.2) is 5.11 Å². The highest BCUT2D eigenvalue weighted by molar-refractivity contribution is 7.80. The van der Waals surface area contributed by atoms with Crippen LogP contribution in [0, 0.1) is 0 Å². The van der Waals surface area contributed by atoms with Gasteiger partial charge in [0.2, 0.25) is 5.91 Å². The zero-order valence-corrected chi connectivity index (χ0v) is 20.5. The molecule has 0 unspecified atom stereocenters. The molecule has 2 amide bonds. The van der Waals surface area contributed by atoms with Gasteiger partial charge in [0.1, 0.15) is 5.75 Å². The Kier molecular flexibility index (Phi) is 8.91. The van der Waals surface area contributed by atoms with Gasteiger partial charge in [-0.1, -0.05) is 31.0 Å². The maximum atomic E-state index is 12.6. The number of rotatable bonds is 7. The van der Waals surface area contributed by atoms with E-state index in [9.17, 15) is 9.59 Å². The van der Waals surface area contributed by atoms with E-state index in [1.54, 1.807) is 31.2 Å². The summed E-state index contributed by atoms with van der Waals surface area (Å²) in [7, 11) is 0. The number of halogens is 1. The van der Waals surface area contributed by atoms with E-state index in [1.807, 2.05) is 23.1 Å². The van der Waals surface area contributed by atoms with Gasteiger partial charge in [-0.15, -0.1) is 0 Å². The molecule has 7 nitrogen and oxygen atoms in total. The summed E-state index contributed by atoms with van der Waals surface area (Å²) < 4.78 is 5.66. The number of thiocarbonyl (C=S) groups is 1. The van der Waals surface area contributed by atoms with E-state index >= 15 is 0 Å². The van der Waals surface area contributed by atoms with Crippen molar-refractivity contribution in [1.29, 1.82) is 0 Å². The number of unbranched alkanes of at least 4 members (excludes halogenated alkanes) is 1. The SMILES string of the molecule is CCCCOc1cccc(C(=O)NC(=S)Nc2ccc(N3CCN(C(C)=O)CC3)c(Cl)c2)c1. The topological polar surface area (TPSA) is 73.9 Å². The van der Waals surface area contributed by atoms with Gasteiger partial charge in [0.05, 0.1) is 17.3 Å². The van der Waals surface area contributed by atoms with Gasteiger partial charge >= 0.3 is 0 Å². The molecule has 0 saturated carbocycles. The standard InChI is InChI=1S/C24H29ClN4O3S/c1-3-4-14-32-20-7-5-6-18(15-20)23(31)27-24(33)26-19-8-9-22(21(25)16-19)29-12-10-28(11-13-29)17(2)30/h5-9,15-16H,3-4,10-14H2,1-2H3,(H2,26,27,31,33). The summed E-state index contributed by atoms with van der Waals surface area (Å²) in [5.41, 5.74) is 2.04. The summed E-state index contributed by atoms with van der Waals surface area (Å²) in [5, 5.41) is 6.44. The minimum Gasteiger partial charge on any atom is -0.494 e. The minimum absolute atomic E-state index is 0.0894. The number of ether oxygens (including phenoxy) is 1. The number of benzene rings is 2. The highest BCUT2D eigenvalue weighted by Crippen LogP contribution is 2.29. The van der Waals surface area contributed by atoms with Gasteiger partial charge in [-0.2, -0.15) is 0 Å². The Labute approximate surface area is 205 Å². The maximum Gasteiger partial charge on any atom is 0.257 e. The third kappa shape index (κ3) is 7.07. The predicted molar refractivity (Wildman–Crippen MR) is 136 cm³/mol. The molecular weight excluding hydrogens is 460 g/mol. The number of piperazine rings is 1. The summed E-state index contributed by atoms with van der Waals surface area (Å²) in [6.07, 6.45) is 2.00. The number of anilines is 2. The van der Waals surface area contributed by atoms with Crippen molar-refractivity contribution >= 4 is 52.1 Å². The Morgan fingerprint density at radius 2 is 1.88 bits per heavy atom. The first-order valence-electron chi connectivity index (χ1n) is 11.0. The van der Waals surface area contributed by atoms with Gasteiger partial charge in [0.25, 0.3) is 5.91 Å². The number of hydrogen-bond acceptors (Lipinski definition) is 5. The van der Waals surface area contributed by atoms with Crippen LogP contribution in [0.15, 0.2) is 42.5 Å². The van der Waals surface area contributed by atoms with E-state index in [2.05, 4.69) is 22.5 Å². The Bertz CT molecular complexity index is 1010. The normalized spacial score (nSPS) is 13.4. The largest absolute Gasteiger partial charge is 0.494 e. The molecule has 0 aromatic heterocycles. The quantitative estimate of drug-likeness (QED) is 0.447. The number of hydrogen-bond donors (Lipinski definition) is 2. The second-order valence-corrected chi connectivity index (χ2v) is 8.61. The van der Waals surface area contributed by atoms with Crippen LogP contribution in [0.25, 0.3) is 0 Å². The molecule has 3 rings (SSSR count). The van der Waals surface area contributed by atoms with E-state index in [0.29, 0.717) is 41.7 Å². The van der Waals surface area contributed by atoms with Crippen molar-refractivity contribution in [2.75, 3.05) is 43.0 Å². The number of nitrogens with zero attached hydrogens (tertiary/aromatic N) is 2. The minimum atomic E-state index is -0.320. The summed E-state index contributed by atoms with van der Waals surface area (Å²) in [6.45, 7) is 7.09. The molecule has 2 N–H and O–H groups in total. The second-order valence-electron chi connectivity index (χ2n) is 7.80. The molecule has 1 aliphatic rings. The molecule has 1 aliphatic heterocycles. The second kappa shape index (κ2) is 11.9. The third-order valence-electron chi connectivity index (χ3n) is 5.36. The molecule has 1 fully saturated rings. The highest BCUT2D eigenvalue weighted by atomic mass is 35.5. The van der Waals surface area contributed by atoms with E-state index in [4.69, 9.17) is 28.6 Å². The summed E-state index contributed by atoms with van der Waals surface area (Å²) >= 11 is 11.8. The number of carbonyl (C=O) groups excluding carboxylic acids is 2. The Balaban J connectivity index is 1.55. The Morgan fingerprint density at radius 1 is 1.12 bits per heavy atom. The molecule has 1 heterocycles. The zero-order chi connectivity index (χ0) is 23.8. The zero-order valence-electron chi connectivity index (χ0n) is 18.9. The van der Waals surface area contributed by atoms with Gasteiger partial charge in [-0.05, 0) is 55.0 Å². The van der Waals surface area contributed by atoms with Crippen molar-refractivity contribution in [2.45, 2.75) is 26.7 Å². The fraction of sp³-hybridized carbons (Fsp3) is 0.375. The number of carbonyl (C=O) groups is 2. The summed E-state index contributed by atoms with van der Waals surface area (Å²) in [4.78, 5) is 28.1. The lowest BCUT2D eigenvalue weighted by Gasteiger charge is -2.36. The van der Waals surface area contributed by atoms with Crippen LogP contribution in [-0.2, 0) is 4.79 Å². The van der Waals surface area contributed by atoms with Crippen molar-refractivity contribution in [1.82, 2.24) is 10.2 Å². The third-order valence-corrected chi connectivity index (χ3v) is 5.87. The van der Waals surface area contributed by atoms with E-state index in [-0.39, 0.29) is 16.9 Å². The Hall–Kier alpha value is -2.84. The molecule has 0 bridgehead atoms. The molecular formula is C24H29ClN4O3S. The first kappa shape index (κ1) is 24.8. The first-order chi connectivity index (χ1) is 15.9. The first-order valence-corrected chi connectivity index (χ1v) is 11.8. The number of amides is 2. The molecule has 176 valence electrons. The monoisotopic (exact) mass is 488 g/mol. The lowest BCUT2D eigenvalue weighted by Crippen LogP contribution is -2.48. The average molecular weight is 489 g/mol. The number of nitrogens with one attached hydrogen (secondary N) is 2. The fourth-order valence-electron chi connectivity index (χ4n) is 3.50. The lowest BCUT2D eigenvalue weighted by molar-refractivity contribution is -0.129. The Morgan fingerprint density at radius 3 is 2.55 bits per heavy atom. The molecule has 1 saturated heterocycles. The fourth-order valence-corrected chi connectivity index (χ4v) is 4.01. The van der Waals surface area contributed by atoms with Crippen molar-refractivity contribution in [3.05, 3.63) is 53.1 Å². The van der Waals surface area contributed by atoms with Crippen molar-refractivity contribution < 1.29 is 14.3 Å². The van der Waals surface area contributed by atoms with E-state index in [1.165, 1.54) is 0 Å². The van der Waals surface area contributed by atoms with Crippen LogP contribution >= 0.6 is 23.8 Å². The van der Waals surface area contributed by atoms with Crippen molar-refractivity contribution in [3.8, 4) is 5.75 Å². The molecule has 0 atom stereocenters. The van der Waals surface area contributed by atoms with Gasteiger partial charge in [-0.25, -0.2) is 0 Å². The van der Waals surface area contributed by atoms with Crippen LogP contribution < -0.4 is 20.3 Å². The molecule has 33 heavy (non-hydrogen) atoms. The van der Waals surface area contributed by atoms with Crippen molar-refractivity contribution in [2.24, 2.45) is 0 Å². The lowest BCUT2D eigenvalue weighted by atomic mass is 10.2. The van der Waals surface area contributed by atoms with Gasteiger partial charge < -0.3 is 19.9 Å². The van der Waals surface area contributed by atoms with E-state index in [0.717, 1.165) is 31.6 Å². The van der Waals surface area contributed by atoms with Crippen molar-refractivity contribution in [3.63, 3.8) is 0 Å². The van der Waals surface area contributed by atoms with Gasteiger partial charge in [-0.3, -0.25) is 14.9 Å². The average Bonchev–Trinajstić information content (AvgIpc) is 2.79. The molecule has 9 heteroatoms. The van der Waals surface area contributed by atoms with Crippen LogP contribution in [0.5, 0.6) is 5.75 Å². The molecule has 2 aromatic rings. The van der Waals surface area contributed by atoms with E-state index < -0.39 is 0 Å².